The number of aliphatic carboxylic acids is 1. The highest BCUT2D eigenvalue weighted by molar-refractivity contribution is 5.95. The van der Waals surface area contributed by atoms with E-state index in [0.717, 1.165) is 18.5 Å². The normalized spacial score (nSPS) is 23.4. The lowest BCUT2D eigenvalue weighted by Gasteiger charge is -2.17. The van der Waals surface area contributed by atoms with Gasteiger partial charge < -0.3 is 14.6 Å². The van der Waals surface area contributed by atoms with E-state index < -0.39 is 11.9 Å². The molecule has 0 radical (unpaired) electrons. The Balaban J connectivity index is 1.56. The number of carboxylic acid groups (broad SMARTS) is 1. The number of benzene rings is 1. The van der Waals surface area contributed by atoms with Crippen molar-refractivity contribution in [3.05, 3.63) is 54.4 Å². The monoisotopic (exact) mass is 324 g/mol. The summed E-state index contributed by atoms with van der Waals surface area (Å²) in [7, 11) is 0. The third-order valence-electron chi connectivity index (χ3n) is 5.19. The predicted molar refractivity (Wildman–Crippen MR) is 89.0 cm³/mol. The standard InChI is InChI=1S/C19H20N2O3/c22-18(14-4-3-5-15(10-14)20-8-1-2-9-20)21-11-16(13-6-7-13)17(12-21)19(23)24/h1-5,8-10,13,16-17H,6-7,11-12H2,(H,23,24)/t16-,17+/m1/s1. The number of aromatic nitrogens is 1. The molecule has 2 atom stereocenters. The molecule has 5 heteroatoms. The average Bonchev–Trinajstić information content (AvgIpc) is 3.12. The molecule has 0 bridgehead atoms. The van der Waals surface area contributed by atoms with Crippen LogP contribution in [0.5, 0.6) is 0 Å². The van der Waals surface area contributed by atoms with Gasteiger partial charge in [-0.15, -0.1) is 0 Å². The molecular formula is C19H20N2O3. The van der Waals surface area contributed by atoms with Gasteiger partial charge in [0.25, 0.3) is 5.91 Å². The fourth-order valence-electron chi connectivity index (χ4n) is 3.75. The number of hydrogen-bond acceptors (Lipinski definition) is 2. The summed E-state index contributed by atoms with van der Waals surface area (Å²) >= 11 is 0. The fourth-order valence-corrected chi connectivity index (χ4v) is 3.75. The molecule has 1 aromatic heterocycles. The number of carbonyl (C=O) groups excluding carboxylic acids is 1. The molecule has 0 unspecified atom stereocenters. The van der Waals surface area contributed by atoms with Gasteiger partial charge in [-0.05, 0) is 55.0 Å². The number of amides is 1. The second-order valence-electron chi connectivity index (χ2n) is 6.80. The Morgan fingerprint density at radius 1 is 1.04 bits per heavy atom. The van der Waals surface area contributed by atoms with Crippen LogP contribution in [0.3, 0.4) is 0 Å². The van der Waals surface area contributed by atoms with Gasteiger partial charge in [-0.2, -0.15) is 0 Å². The molecule has 2 aromatic rings. The molecule has 1 saturated heterocycles. The molecular weight excluding hydrogens is 304 g/mol. The summed E-state index contributed by atoms with van der Waals surface area (Å²) in [6.45, 7) is 0.886. The Morgan fingerprint density at radius 2 is 1.79 bits per heavy atom. The molecule has 2 heterocycles. The van der Waals surface area contributed by atoms with Gasteiger partial charge in [-0.1, -0.05) is 6.07 Å². The first kappa shape index (κ1) is 15.0. The van der Waals surface area contributed by atoms with Gasteiger partial charge in [0.15, 0.2) is 0 Å². The molecule has 1 amide bonds. The number of hydrogen-bond donors (Lipinski definition) is 1. The zero-order valence-electron chi connectivity index (χ0n) is 13.3. The number of nitrogens with zero attached hydrogens (tertiary/aromatic N) is 2. The van der Waals surface area contributed by atoms with Crippen LogP contribution in [0, 0.1) is 17.8 Å². The van der Waals surface area contributed by atoms with Crippen LogP contribution in [-0.2, 0) is 4.79 Å². The van der Waals surface area contributed by atoms with E-state index >= 15 is 0 Å². The summed E-state index contributed by atoms with van der Waals surface area (Å²) < 4.78 is 1.95. The highest BCUT2D eigenvalue weighted by Gasteiger charge is 2.46. The highest BCUT2D eigenvalue weighted by atomic mass is 16.4. The van der Waals surface area contributed by atoms with E-state index in [0.29, 0.717) is 24.6 Å². The smallest absolute Gasteiger partial charge is 0.308 e. The van der Waals surface area contributed by atoms with Crippen molar-refractivity contribution >= 4 is 11.9 Å². The molecule has 5 nitrogen and oxygen atoms in total. The number of rotatable bonds is 4. The maximum Gasteiger partial charge on any atom is 0.308 e. The molecule has 1 aromatic carbocycles. The van der Waals surface area contributed by atoms with Crippen LogP contribution >= 0.6 is 0 Å². The molecule has 1 aliphatic heterocycles. The van der Waals surface area contributed by atoms with Gasteiger partial charge in [-0.3, -0.25) is 9.59 Å². The lowest BCUT2D eigenvalue weighted by molar-refractivity contribution is -0.142. The van der Waals surface area contributed by atoms with Crippen LogP contribution in [0.1, 0.15) is 23.2 Å². The fraction of sp³-hybridized carbons (Fsp3) is 0.368. The van der Waals surface area contributed by atoms with Crippen molar-refractivity contribution in [2.75, 3.05) is 13.1 Å². The van der Waals surface area contributed by atoms with Crippen LogP contribution in [-0.4, -0.2) is 39.5 Å². The van der Waals surface area contributed by atoms with Crippen LogP contribution in [0.2, 0.25) is 0 Å². The zero-order valence-corrected chi connectivity index (χ0v) is 13.3. The molecule has 2 aliphatic rings. The lowest BCUT2D eigenvalue weighted by atomic mass is 9.92. The van der Waals surface area contributed by atoms with E-state index in [1.54, 1.807) is 11.0 Å². The minimum atomic E-state index is -0.775. The van der Waals surface area contributed by atoms with E-state index in [-0.39, 0.29) is 11.8 Å². The second-order valence-corrected chi connectivity index (χ2v) is 6.80. The van der Waals surface area contributed by atoms with Gasteiger partial charge in [0.1, 0.15) is 0 Å². The van der Waals surface area contributed by atoms with Gasteiger partial charge in [-0.25, -0.2) is 0 Å². The van der Waals surface area contributed by atoms with Crippen molar-refractivity contribution in [1.29, 1.82) is 0 Å². The van der Waals surface area contributed by atoms with Gasteiger partial charge in [0.2, 0.25) is 0 Å². The summed E-state index contributed by atoms with van der Waals surface area (Å²) in [5, 5.41) is 9.46. The first-order chi connectivity index (χ1) is 11.6. The lowest BCUT2D eigenvalue weighted by Crippen LogP contribution is -2.30. The SMILES string of the molecule is O=C(O)[C@H]1CN(C(=O)c2cccc(-n3cccc3)c2)C[C@@H]1C1CC1. The topological polar surface area (TPSA) is 62.5 Å². The Labute approximate surface area is 140 Å². The predicted octanol–water partition coefficient (Wildman–Crippen LogP) is 2.66. The van der Waals surface area contributed by atoms with Crippen LogP contribution in [0.25, 0.3) is 5.69 Å². The van der Waals surface area contributed by atoms with Gasteiger partial charge in [0, 0.05) is 36.7 Å². The van der Waals surface area contributed by atoms with Crippen LogP contribution in [0.4, 0.5) is 0 Å². The molecule has 1 saturated carbocycles. The van der Waals surface area contributed by atoms with E-state index in [2.05, 4.69) is 0 Å². The Morgan fingerprint density at radius 3 is 2.46 bits per heavy atom. The maximum absolute atomic E-state index is 12.8. The van der Waals surface area contributed by atoms with E-state index in [9.17, 15) is 14.7 Å². The van der Waals surface area contributed by atoms with E-state index in [1.807, 2.05) is 47.3 Å². The highest BCUT2D eigenvalue weighted by Crippen LogP contribution is 2.44. The minimum Gasteiger partial charge on any atom is -0.481 e. The van der Waals surface area contributed by atoms with E-state index in [4.69, 9.17) is 0 Å². The first-order valence-electron chi connectivity index (χ1n) is 8.39. The van der Waals surface area contributed by atoms with Gasteiger partial charge in [0.05, 0.1) is 5.92 Å². The number of carboxylic acids is 1. The van der Waals surface area contributed by atoms with Gasteiger partial charge >= 0.3 is 5.97 Å². The van der Waals surface area contributed by atoms with Crippen molar-refractivity contribution < 1.29 is 14.7 Å². The van der Waals surface area contributed by atoms with Crippen molar-refractivity contribution in [2.24, 2.45) is 17.8 Å². The van der Waals surface area contributed by atoms with Crippen molar-refractivity contribution in [1.82, 2.24) is 9.47 Å². The van der Waals surface area contributed by atoms with Crippen LogP contribution in [0.15, 0.2) is 48.8 Å². The molecule has 124 valence electrons. The number of carbonyl (C=O) groups is 2. The Kier molecular flexibility index (Phi) is 3.63. The molecule has 2 fully saturated rings. The third kappa shape index (κ3) is 2.70. The Bertz CT molecular complexity index is 765. The summed E-state index contributed by atoms with van der Waals surface area (Å²) in [6, 6.07) is 11.4. The molecule has 0 spiro atoms. The van der Waals surface area contributed by atoms with Crippen molar-refractivity contribution in [2.45, 2.75) is 12.8 Å². The molecule has 1 aliphatic carbocycles. The van der Waals surface area contributed by atoms with Crippen molar-refractivity contribution in [3.8, 4) is 5.69 Å². The minimum absolute atomic E-state index is 0.0709. The number of likely N-dealkylation sites (tertiary alicyclic amines) is 1. The summed E-state index contributed by atoms with van der Waals surface area (Å²) in [6.07, 6.45) is 6.06. The third-order valence-corrected chi connectivity index (χ3v) is 5.19. The van der Waals surface area contributed by atoms with E-state index in [1.165, 1.54) is 0 Å². The molecule has 1 N–H and O–H groups in total. The quantitative estimate of drug-likeness (QED) is 0.940. The average molecular weight is 324 g/mol. The van der Waals surface area contributed by atoms with Crippen LogP contribution < -0.4 is 0 Å². The van der Waals surface area contributed by atoms with Crippen molar-refractivity contribution in [3.63, 3.8) is 0 Å². The maximum atomic E-state index is 12.8. The zero-order chi connectivity index (χ0) is 16.7. The second kappa shape index (κ2) is 5.82. The Hall–Kier alpha value is -2.56. The largest absolute Gasteiger partial charge is 0.481 e. The molecule has 4 rings (SSSR count). The summed E-state index contributed by atoms with van der Waals surface area (Å²) in [4.78, 5) is 26.1. The summed E-state index contributed by atoms with van der Waals surface area (Å²) in [5.41, 5.74) is 1.54. The molecule has 24 heavy (non-hydrogen) atoms. The summed E-state index contributed by atoms with van der Waals surface area (Å²) in [5.74, 6) is -0.676. The first-order valence-corrected chi connectivity index (χ1v) is 8.39.